The Morgan fingerprint density at radius 1 is 1.60 bits per heavy atom. The molecule has 0 bridgehead atoms. The normalized spacial score (nSPS) is 15.3. The van der Waals surface area contributed by atoms with Gasteiger partial charge >= 0.3 is 5.97 Å². The van der Waals surface area contributed by atoms with E-state index in [1.165, 1.54) is 12.0 Å². The van der Waals surface area contributed by atoms with Gasteiger partial charge in [-0.25, -0.2) is 0 Å². The van der Waals surface area contributed by atoms with Crippen LogP contribution in [0, 0.1) is 17.3 Å². The van der Waals surface area contributed by atoms with E-state index in [9.17, 15) is 4.79 Å². The molecule has 0 aromatic carbocycles. The summed E-state index contributed by atoms with van der Waals surface area (Å²) in [5.41, 5.74) is 1.16. The summed E-state index contributed by atoms with van der Waals surface area (Å²) in [4.78, 5) is 12.6. The molecule has 5 heteroatoms. The minimum Gasteiger partial charge on any atom is -0.469 e. The van der Waals surface area contributed by atoms with Crippen LogP contribution in [0.5, 0.6) is 0 Å². The Bertz CT molecular complexity index is 521. The molecule has 0 amide bonds. The Hall–Kier alpha value is -0.960. The van der Waals surface area contributed by atoms with Crippen LogP contribution in [-0.2, 0) is 15.3 Å². The number of rotatable bonds is 6. The van der Waals surface area contributed by atoms with Crippen molar-refractivity contribution in [3.05, 3.63) is 21.9 Å². The van der Waals surface area contributed by atoms with E-state index in [1.807, 2.05) is 17.1 Å². The summed E-state index contributed by atoms with van der Waals surface area (Å²) in [5, 5.41) is 10.7. The molecule has 0 unspecified atom stereocenters. The first-order chi connectivity index (χ1) is 9.67. The molecule has 1 N–H and O–H groups in total. The minimum atomic E-state index is -0.101. The number of thioether (sulfide) groups is 1. The van der Waals surface area contributed by atoms with Crippen LogP contribution < -0.4 is 0 Å². The van der Waals surface area contributed by atoms with Crippen LogP contribution >= 0.6 is 23.1 Å². The van der Waals surface area contributed by atoms with Crippen molar-refractivity contribution >= 4 is 29.1 Å². The average molecular weight is 310 g/mol. The van der Waals surface area contributed by atoms with Gasteiger partial charge in [-0.3, -0.25) is 4.79 Å². The zero-order valence-corrected chi connectivity index (χ0v) is 13.1. The molecular weight excluding hydrogens is 292 g/mol. The molecule has 1 aromatic rings. The average Bonchev–Trinajstić information content (AvgIpc) is 3.05. The number of carbonyl (C=O) groups is 1. The van der Waals surface area contributed by atoms with Gasteiger partial charge in [0.05, 0.1) is 13.5 Å². The second kappa shape index (κ2) is 7.16. The Morgan fingerprint density at radius 3 is 3.05 bits per heavy atom. The summed E-state index contributed by atoms with van der Waals surface area (Å²) in [6.45, 7) is -0.101. The Morgan fingerprint density at radius 2 is 2.40 bits per heavy atom. The van der Waals surface area contributed by atoms with Crippen LogP contribution in [0.25, 0.3) is 0 Å². The molecule has 20 heavy (non-hydrogen) atoms. The summed E-state index contributed by atoms with van der Waals surface area (Å²) in [7, 11) is 1.45. The van der Waals surface area contributed by atoms with E-state index in [4.69, 9.17) is 9.84 Å². The topological polar surface area (TPSA) is 46.5 Å². The minimum absolute atomic E-state index is 0.0965. The smallest absolute Gasteiger partial charge is 0.306 e. The van der Waals surface area contributed by atoms with Crippen LogP contribution in [0.1, 0.15) is 29.7 Å². The second-order valence-electron chi connectivity index (χ2n) is 5.01. The summed E-state index contributed by atoms with van der Waals surface area (Å²) >= 11 is 3.56. The predicted molar refractivity (Wildman–Crippen MR) is 82.7 cm³/mol. The number of aliphatic hydroxyl groups excluding tert-OH is 1. The molecule has 1 saturated carbocycles. The standard InChI is InChI=1S/C15H18O3S2/c1-18-14(17)8-15(4-5-15)11-19-10-13-7-12(9-20-13)3-2-6-16/h7,9,16H,4-6,8,10-11H2,1H3. The molecule has 0 spiro atoms. The summed E-state index contributed by atoms with van der Waals surface area (Å²) in [5.74, 6) is 7.43. The zero-order valence-electron chi connectivity index (χ0n) is 11.5. The van der Waals surface area contributed by atoms with Gasteiger partial charge < -0.3 is 9.84 Å². The quantitative estimate of drug-likeness (QED) is 0.648. The second-order valence-corrected chi connectivity index (χ2v) is 6.99. The molecule has 1 aromatic heterocycles. The molecule has 1 fully saturated rings. The highest BCUT2D eigenvalue weighted by molar-refractivity contribution is 7.98. The van der Waals surface area contributed by atoms with Gasteiger partial charge in [0.25, 0.3) is 0 Å². The number of hydrogen-bond donors (Lipinski definition) is 1. The fraction of sp³-hybridized carbons (Fsp3) is 0.533. The van der Waals surface area contributed by atoms with E-state index in [1.54, 1.807) is 11.3 Å². The van der Waals surface area contributed by atoms with Gasteiger partial charge in [0.1, 0.15) is 6.61 Å². The molecule has 1 aliphatic rings. The van der Waals surface area contributed by atoms with Crippen molar-refractivity contribution < 1.29 is 14.6 Å². The highest BCUT2D eigenvalue weighted by Crippen LogP contribution is 2.51. The maximum absolute atomic E-state index is 11.3. The number of hydrogen-bond acceptors (Lipinski definition) is 5. The molecule has 1 heterocycles. The van der Waals surface area contributed by atoms with Crippen molar-refractivity contribution in [3.63, 3.8) is 0 Å². The lowest BCUT2D eigenvalue weighted by Crippen LogP contribution is -2.13. The van der Waals surface area contributed by atoms with Crippen molar-refractivity contribution in [1.82, 2.24) is 0 Å². The highest BCUT2D eigenvalue weighted by Gasteiger charge is 2.44. The third-order valence-electron chi connectivity index (χ3n) is 3.32. The first kappa shape index (κ1) is 15.4. The van der Waals surface area contributed by atoms with Gasteiger partial charge in [0.2, 0.25) is 0 Å². The first-order valence-electron chi connectivity index (χ1n) is 6.49. The van der Waals surface area contributed by atoms with Crippen molar-refractivity contribution in [2.45, 2.75) is 25.0 Å². The largest absolute Gasteiger partial charge is 0.469 e. The van der Waals surface area contributed by atoms with Gasteiger partial charge in [-0.15, -0.1) is 11.3 Å². The third-order valence-corrected chi connectivity index (χ3v) is 5.77. The van der Waals surface area contributed by atoms with Crippen LogP contribution in [0.2, 0.25) is 0 Å². The Balaban J connectivity index is 1.76. The van der Waals surface area contributed by atoms with Crippen LogP contribution in [0.3, 0.4) is 0 Å². The maximum Gasteiger partial charge on any atom is 0.306 e. The molecule has 0 aliphatic heterocycles. The van der Waals surface area contributed by atoms with E-state index in [0.29, 0.717) is 6.42 Å². The molecule has 108 valence electrons. The van der Waals surface area contributed by atoms with Gasteiger partial charge in [-0.1, -0.05) is 11.8 Å². The molecule has 3 nitrogen and oxygen atoms in total. The van der Waals surface area contributed by atoms with Crippen LogP contribution in [-0.4, -0.2) is 30.5 Å². The monoisotopic (exact) mass is 310 g/mol. The number of esters is 1. The van der Waals surface area contributed by atoms with E-state index in [2.05, 4.69) is 17.9 Å². The van der Waals surface area contributed by atoms with Gasteiger partial charge in [-0.05, 0) is 30.1 Å². The van der Waals surface area contributed by atoms with Crippen LogP contribution in [0.15, 0.2) is 11.4 Å². The molecule has 0 radical (unpaired) electrons. The lowest BCUT2D eigenvalue weighted by molar-refractivity contribution is -0.141. The molecule has 1 aliphatic carbocycles. The fourth-order valence-corrected chi connectivity index (χ4v) is 4.29. The van der Waals surface area contributed by atoms with Gasteiger partial charge in [0, 0.05) is 21.6 Å². The summed E-state index contributed by atoms with van der Waals surface area (Å²) < 4.78 is 4.75. The number of carbonyl (C=O) groups excluding carboxylic acids is 1. The Kier molecular flexibility index (Phi) is 5.53. The number of methoxy groups -OCH3 is 1. The van der Waals surface area contributed by atoms with E-state index in [0.717, 1.165) is 29.9 Å². The number of thiophene rings is 1. The lowest BCUT2D eigenvalue weighted by atomic mass is 10.1. The molecule has 2 rings (SSSR count). The van der Waals surface area contributed by atoms with Crippen molar-refractivity contribution in [2.75, 3.05) is 19.5 Å². The number of aliphatic hydroxyl groups is 1. The first-order valence-corrected chi connectivity index (χ1v) is 8.53. The maximum atomic E-state index is 11.3. The predicted octanol–water partition coefficient (Wildman–Crippen LogP) is 2.67. The summed E-state index contributed by atoms with van der Waals surface area (Å²) in [6, 6.07) is 2.07. The van der Waals surface area contributed by atoms with E-state index in [-0.39, 0.29) is 18.0 Å². The Labute approximate surface area is 127 Å². The van der Waals surface area contributed by atoms with Crippen molar-refractivity contribution in [2.24, 2.45) is 5.41 Å². The van der Waals surface area contributed by atoms with Gasteiger partial charge in [0.15, 0.2) is 0 Å². The fourth-order valence-electron chi connectivity index (χ4n) is 1.96. The van der Waals surface area contributed by atoms with E-state index >= 15 is 0 Å². The highest BCUT2D eigenvalue weighted by atomic mass is 32.2. The lowest BCUT2D eigenvalue weighted by Gasteiger charge is -2.12. The van der Waals surface area contributed by atoms with Crippen molar-refractivity contribution in [1.29, 1.82) is 0 Å². The summed E-state index contributed by atoms with van der Waals surface area (Å²) in [6.07, 6.45) is 2.81. The number of ether oxygens (including phenoxy) is 1. The molecular formula is C15H18O3S2. The van der Waals surface area contributed by atoms with Crippen molar-refractivity contribution in [3.8, 4) is 11.8 Å². The molecule has 0 saturated heterocycles. The SMILES string of the molecule is COC(=O)CC1(CSCc2cc(C#CCO)cs2)CC1. The molecule has 0 atom stereocenters. The van der Waals surface area contributed by atoms with Crippen LogP contribution in [0.4, 0.5) is 0 Å². The third kappa shape index (κ3) is 4.55. The van der Waals surface area contributed by atoms with E-state index < -0.39 is 0 Å². The zero-order chi connectivity index (χ0) is 14.4. The van der Waals surface area contributed by atoms with Gasteiger partial charge in [-0.2, -0.15) is 11.8 Å².